The zero-order chi connectivity index (χ0) is 12.3. The number of nitrogens with zero attached hydrogens (tertiary/aromatic N) is 2. The summed E-state index contributed by atoms with van der Waals surface area (Å²) in [6.45, 7) is 5.22. The molecule has 1 rings (SSSR count). The summed E-state index contributed by atoms with van der Waals surface area (Å²) in [5, 5.41) is 4.28. The van der Waals surface area contributed by atoms with Gasteiger partial charge in [-0.05, 0) is 13.3 Å². The van der Waals surface area contributed by atoms with E-state index < -0.39 is 0 Å². The molecule has 0 fully saturated rings. The molecule has 1 N–H and O–H groups in total. The molecule has 0 aliphatic carbocycles. The molecule has 0 saturated heterocycles. The Morgan fingerprint density at radius 3 is 2.24 bits per heavy atom. The molecule has 0 radical (unpaired) electrons. The summed E-state index contributed by atoms with van der Waals surface area (Å²) in [6.07, 6.45) is 10.9. The summed E-state index contributed by atoms with van der Waals surface area (Å²) < 4.78 is 4.14. The second kappa shape index (κ2) is 9.40. The highest BCUT2D eigenvalue weighted by Crippen LogP contribution is 2.11. The van der Waals surface area contributed by atoms with Gasteiger partial charge in [0.05, 0.1) is 0 Å². The maximum atomic E-state index is 4.27. The van der Waals surface area contributed by atoms with E-state index in [-0.39, 0.29) is 0 Å². The molecule has 98 valence electrons. The van der Waals surface area contributed by atoms with Gasteiger partial charge in [-0.3, -0.25) is 0 Å². The van der Waals surface area contributed by atoms with Gasteiger partial charge >= 0.3 is 0 Å². The van der Waals surface area contributed by atoms with Gasteiger partial charge in [-0.15, -0.1) is 0 Å². The first-order valence-electron chi connectivity index (χ1n) is 6.87. The van der Waals surface area contributed by atoms with Crippen LogP contribution in [0.3, 0.4) is 0 Å². The Kier molecular flexibility index (Phi) is 7.97. The van der Waals surface area contributed by atoms with Crippen LogP contribution in [0.5, 0.6) is 0 Å². The largest absolute Gasteiger partial charge is 0.360 e. The Hall–Kier alpha value is -0.640. The highest BCUT2D eigenvalue weighted by molar-refractivity contribution is 7.09. The van der Waals surface area contributed by atoms with Crippen molar-refractivity contribution in [2.75, 3.05) is 11.9 Å². The van der Waals surface area contributed by atoms with E-state index >= 15 is 0 Å². The Labute approximate surface area is 109 Å². The molecule has 4 heteroatoms. The third-order valence-electron chi connectivity index (χ3n) is 2.83. The van der Waals surface area contributed by atoms with E-state index in [0.717, 1.165) is 17.5 Å². The van der Waals surface area contributed by atoms with Crippen molar-refractivity contribution in [1.29, 1.82) is 0 Å². The first-order chi connectivity index (χ1) is 8.33. The van der Waals surface area contributed by atoms with Crippen LogP contribution in [-0.2, 0) is 0 Å². The number of aryl methyl sites for hydroxylation is 1. The normalized spacial score (nSPS) is 10.7. The van der Waals surface area contributed by atoms with Gasteiger partial charge < -0.3 is 5.32 Å². The Bertz CT molecular complexity index is 286. The summed E-state index contributed by atoms with van der Waals surface area (Å²) >= 11 is 1.45. The molecule has 1 heterocycles. The molecule has 0 spiro atoms. The van der Waals surface area contributed by atoms with Crippen LogP contribution in [0, 0.1) is 6.92 Å². The topological polar surface area (TPSA) is 37.8 Å². The van der Waals surface area contributed by atoms with E-state index in [1.54, 1.807) is 0 Å². The fourth-order valence-corrected chi connectivity index (χ4v) is 2.42. The van der Waals surface area contributed by atoms with Gasteiger partial charge in [0.1, 0.15) is 5.82 Å². The molecule has 17 heavy (non-hydrogen) atoms. The lowest BCUT2D eigenvalue weighted by atomic mass is 10.1. The minimum atomic E-state index is 0.869. The number of aromatic nitrogens is 2. The van der Waals surface area contributed by atoms with Crippen LogP contribution < -0.4 is 5.32 Å². The molecule has 0 aliphatic rings. The molecular formula is C13H25N3S. The van der Waals surface area contributed by atoms with Crippen molar-refractivity contribution in [2.24, 2.45) is 0 Å². The molecule has 0 aromatic carbocycles. The number of hydrogen-bond donors (Lipinski definition) is 1. The highest BCUT2D eigenvalue weighted by Gasteiger charge is 1.97. The van der Waals surface area contributed by atoms with Gasteiger partial charge in [0, 0.05) is 18.1 Å². The molecule has 1 aromatic heterocycles. The van der Waals surface area contributed by atoms with Gasteiger partial charge in [0.2, 0.25) is 5.13 Å². The second-order valence-electron chi connectivity index (χ2n) is 4.55. The van der Waals surface area contributed by atoms with Gasteiger partial charge in [-0.2, -0.15) is 4.37 Å². The SMILES string of the molecule is CCCCCCCCCCNc1nc(C)ns1. The van der Waals surface area contributed by atoms with Gasteiger partial charge in [0.25, 0.3) is 0 Å². The number of nitrogens with one attached hydrogen (secondary N) is 1. The van der Waals surface area contributed by atoms with Gasteiger partial charge in [0.15, 0.2) is 0 Å². The van der Waals surface area contributed by atoms with Crippen molar-refractivity contribution in [2.45, 2.75) is 65.2 Å². The number of unbranched alkanes of at least 4 members (excludes halogenated alkanes) is 7. The molecular weight excluding hydrogens is 230 g/mol. The zero-order valence-corrected chi connectivity index (χ0v) is 12.0. The lowest BCUT2D eigenvalue weighted by molar-refractivity contribution is 0.581. The molecule has 0 atom stereocenters. The van der Waals surface area contributed by atoms with E-state index in [2.05, 4.69) is 21.6 Å². The van der Waals surface area contributed by atoms with Crippen molar-refractivity contribution < 1.29 is 0 Å². The average Bonchev–Trinajstić information content (AvgIpc) is 2.73. The Morgan fingerprint density at radius 1 is 1.00 bits per heavy atom. The van der Waals surface area contributed by atoms with Crippen LogP contribution in [-0.4, -0.2) is 15.9 Å². The first-order valence-corrected chi connectivity index (χ1v) is 7.64. The molecule has 0 amide bonds. The van der Waals surface area contributed by atoms with Gasteiger partial charge in [-0.1, -0.05) is 51.9 Å². The highest BCUT2D eigenvalue weighted by atomic mass is 32.1. The van der Waals surface area contributed by atoms with E-state index in [9.17, 15) is 0 Å². The molecule has 0 bridgehead atoms. The van der Waals surface area contributed by atoms with Crippen molar-refractivity contribution in [3.8, 4) is 0 Å². The van der Waals surface area contributed by atoms with Crippen molar-refractivity contribution >= 4 is 16.7 Å². The quantitative estimate of drug-likeness (QED) is 0.630. The summed E-state index contributed by atoms with van der Waals surface area (Å²) in [5.41, 5.74) is 0. The van der Waals surface area contributed by atoms with Crippen LogP contribution in [0.2, 0.25) is 0 Å². The number of hydrogen-bond acceptors (Lipinski definition) is 4. The molecule has 1 aromatic rings. The smallest absolute Gasteiger partial charge is 0.202 e. The first kappa shape index (κ1) is 14.4. The van der Waals surface area contributed by atoms with E-state index in [1.807, 2.05) is 6.92 Å². The van der Waals surface area contributed by atoms with Crippen LogP contribution >= 0.6 is 11.5 Å². The van der Waals surface area contributed by atoms with Crippen LogP contribution in [0.25, 0.3) is 0 Å². The third-order valence-corrected chi connectivity index (χ3v) is 3.60. The van der Waals surface area contributed by atoms with Crippen LogP contribution in [0.4, 0.5) is 5.13 Å². The second-order valence-corrected chi connectivity index (χ2v) is 5.30. The zero-order valence-electron chi connectivity index (χ0n) is 11.2. The van der Waals surface area contributed by atoms with Crippen LogP contribution in [0.15, 0.2) is 0 Å². The lowest BCUT2D eigenvalue weighted by Gasteiger charge is -2.02. The maximum absolute atomic E-state index is 4.27. The standard InChI is InChI=1S/C13H25N3S/c1-3-4-5-6-7-8-9-10-11-14-13-15-12(2)16-17-13/h3-11H2,1-2H3,(H,14,15,16). The number of anilines is 1. The summed E-state index contributed by atoms with van der Waals surface area (Å²) in [6, 6.07) is 0. The average molecular weight is 255 g/mol. The van der Waals surface area contributed by atoms with Gasteiger partial charge in [-0.25, -0.2) is 4.98 Å². The summed E-state index contributed by atoms with van der Waals surface area (Å²) in [5.74, 6) is 0.869. The Balaban J connectivity index is 1.84. The predicted molar refractivity (Wildman–Crippen MR) is 75.7 cm³/mol. The Morgan fingerprint density at radius 2 is 1.65 bits per heavy atom. The number of rotatable bonds is 10. The molecule has 0 unspecified atom stereocenters. The van der Waals surface area contributed by atoms with Crippen molar-refractivity contribution in [1.82, 2.24) is 9.36 Å². The molecule has 3 nitrogen and oxygen atoms in total. The predicted octanol–water partition coefficient (Wildman–Crippen LogP) is 4.40. The summed E-state index contributed by atoms with van der Waals surface area (Å²) in [4.78, 5) is 4.27. The fourth-order valence-electron chi connectivity index (χ4n) is 1.82. The van der Waals surface area contributed by atoms with E-state index in [0.29, 0.717) is 0 Å². The molecule has 0 saturated carbocycles. The summed E-state index contributed by atoms with van der Waals surface area (Å²) in [7, 11) is 0. The lowest BCUT2D eigenvalue weighted by Crippen LogP contribution is -2.00. The van der Waals surface area contributed by atoms with Crippen molar-refractivity contribution in [3.05, 3.63) is 5.82 Å². The van der Waals surface area contributed by atoms with E-state index in [4.69, 9.17) is 0 Å². The molecule has 0 aliphatic heterocycles. The monoisotopic (exact) mass is 255 g/mol. The minimum Gasteiger partial charge on any atom is -0.360 e. The minimum absolute atomic E-state index is 0.869. The third kappa shape index (κ3) is 7.31. The maximum Gasteiger partial charge on any atom is 0.202 e. The fraction of sp³-hybridized carbons (Fsp3) is 0.846. The van der Waals surface area contributed by atoms with E-state index in [1.165, 1.54) is 62.9 Å². The van der Waals surface area contributed by atoms with Crippen LogP contribution in [0.1, 0.15) is 64.1 Å². The van der Waals surface area contributed by atoms with Crippen molar-refractivity contribution in [3.63, 3.8) is 0 Å².